The van der Waals surface area contributed by atoms with Crippen LogP contribution in [0.1, 0.15) is 18.2 Å². The molecule has 0 fully saturated rings. The smallest absolute Gasteiger partial charge is 0.335 e. The maximum atomic E-state index is 13.2. The molecule has 152 valence electrons. The molecule has 7 nitrogen and oxygen atoms in total. The quantitative estimate of drug-likeness (QED) is 0.468. The number of aryl methyl sites for hydroxylation is 1. The molecule has 0 aliphatic rings. The fourth-order valence-corrected chi connectivity index (χ4v) is 4.51. The molecule has 4 aromatic rings. The zero-order chi connectivity index (χ0) is 21.1. The molecular weight excluding hydrogens is 475 g/mol. The van der Waals surface area contributed by atoms with Gasteiger partial charge in [0, 0.05) is 10.7 Å². The number of alkyl halides is 3. The van der Waals surface area contributed by atoms with Gasteiger partial charge in [0.1, 0.15) is 11.3 Å². The predicted molar refractivity (Wildman–Crippen MR) is 103 cm³/mol. The number of fused-ring (bicyclic) bond motifs is 2. The molecule has 0 aliphatic heterocycles. The molecule has 0 atom stereocenters. The molecule has 0 amide bonds. The average Bonchev–Trinajstić information content (AvgIpc) is 3.20. The summed E-state index contributed by atoms with van der Waals surface area (Å²) in [4.78, 5) is 15.2. The summed E-state index contributed by atoms with van der Waals surface area (Å²) in [5, 5.41) is -0.0943. The van der Waals surface area contributed by atoms with Crippen molar-refractivity contribution >= 4 is 42.6 Å². The van der Waals surface area contributed by atoms with Crippen molar-refractivity contribution in [1.29, 1.82) is 0 Å². The highest BCUT2D eigenvalue weighted by atomic mass is 79.9. The minimum Gasteiger partial charge on any atom is -0.335 e. The number of hydrogen-bond acceptors (Lipinski definition) is 5. The summed E-state index contributed by atoms with van der Waals surface area (Å²) in [6.07, 6.45) is -3.01. The fourth-order valence-electron chi connectivity index (χ4n) is 3.02. The van der Waals surface area contributed by atoms with E-state index in [2.05, 4.69) is 35.9 Å². The Morgan fingerprint density at radius 3 is 2.59 bits per heavy atom. The third-order valence-electron chi connectivity index (χ3n) is 4.41. The lowest BCUT2D eigenvalue weighted by Gasteiger charge is -2.08. The Balaban J connectivity index is 2.02. The van der Waals surface area contributed by atoms with Gasteiger partial charge in [0.2, 0.25) is 0 Å². The van der Waals surface area contributed by atoms with Crippen LogP contribution >= 0.6 is 15.9 Å². The van der Waals surface area contributed by atoms with E-state index < -0.39 is 21.6 Å². The molecule has 29 heavy (non-hydrogen) atoms. The topological polar surface area (TPSA) is 93.0 Å². The second-order valence-corrected chi connectivity index (χ2v) is 9.43. The number of aromatic nitrogens is 5. The van der Waals surface area contributed by atoms with Crippen molar-refractivity contribution in [3.63, 3.8) is 0 Å². The van der Waals surface area contributed by atoms with E-state index in [4.69, 9.17) is 0 Å². The maximum Gasteiger partial charge on any atom is 0.418 e. The highest BCUT2D eigenvalue weighted by Crippen LogP contribution is 2.34. The van der Waals surface area contributed by atoms with Gasteiger partial charge in [0.25, 0.3) is 0 Å². The van der Waals surface area contributed by atoms with Crippen molar-refractivity contribution in [3.05, 3.63) is 40.1 Å². The van der Waals surface area contributed by atoms with Crippen LogP contribution in [0.2, 0.25) is 0 Å². The van der Waals surface area contributed by atoms with Crippen LogP contribution in [0.3, 0.4) is 0 Å². The van der Waals surface area contributed by atoms with Gasteiger partial charge < -0.3 is 4.98 Å². The number of hydrogen-bond donors (Lipinski definition) is 1. The number of aromatic amines is 1. The highest BCUT2D eigenvalue weighted by Gasteiger charge is 2.34. The SMILES string of the molecule is CCS(=O)(=O)c1c(-c2nc3nc(C)c(C(F)(F)F)cc3[nH]2)nc2ccc(Br)cn12. The highest BCUT2D eigenvalue weighted by molar-refractivity contribution is 9.10. The van der Waals surface area contributed by atoms with Gasteiger partial charge >= 0.3 is 6.18 Å². The van der Waals surface area contributed by atoms with Gasteiger partial charge in [-0.2, -0.15) is 13.2 Å². The summed E-state index contributed by atoms with van der Waals surface area (Å²) in [7, 11) is -3.73. The van der Waals surface area contributed by atoms with Gasteiger partial charge in [-0.1, -0.05) is 6.92 Å². The fraction of sp³-hybridized carbons (Fsp3) is 0.235. The minimum absolute atomic E-state index is 0.0224. The standard InChI is InChI=1S/C17H13BrF3N5O2S/c1-3-29(27,28)16-13(24-12-5-4-9(18)7-26(12)16)15-23-11-6-10(17(19,20)21)8(2)22-14(11)25-15/h4-7H,3H2,1-2H3,(H,22,23,25). The summed E-state index contributed by atoms with van der Waals surface area (Å²) in [6, 6.07) is 4.23. The number of pyridine rings is 2. The molecule has 0 aromatic carbocycles. The van der Waals surface area contributed by atoms with Gasteiger partial charge in [0.05, 0.1) is 22.5 Å². The van der Waals surface area contributed by atoms with E-state index in [1.165, 1.54) is 18.2 Å². The van der Waals surface area contributed by atoms with E-state index in [0.29, 0.717) is 10.1 Å². The van der Waals surface area contributed by atoms with Crippen LogP contribution in [0.15, 0.2) is 33.9 Å². The number of H-pyrrole nitrogens is 1. The minimum atomic E-state index is -4.57. The Kier molecular flexibility index (Phi) is 4.46. The number of nitrogens with one attached hydrogen (secondary N) is 1. The first kappa shape index (κ1) is 19.8. The Morgan fingerprint density at radius 1 is 1.21 bits per heavy atom. The van der Waals surface area contributed by atoms with E-state index in [1.54, 1.807) is 18.3 Å². The molecule has 0 bridgehead atoms. The molecule has 4 aromatic heterocycles. The normalized spacial score (nSPS) is 12.9. The molecule has 0 unspecified atom stereocenters. The molecule has 4 rings (SSSR count). The van der Waals surface area contributed by atoms with Crippen LogP contribution in [0.25, 0.3) is 28.3 Å². The van der Waals surface area contributed by atoms with E-state index >= 15 is 0 Å². The summed E-state index contributed by atoms with van der Waals surface area (Å²) >= 11 is 3.30. The number of sulfone groups is 1. The summed E-state index contributed by atoms with van der Waals surface area (Å²) < 4.78 is 67.1. The molecule has 0 saturated heterocycles. The van der Waals surface area contributed by atoms with Crippen LogP contribution < -0.4 is 0 Å². The van der Waals surface area contributed by atoms with Gasteiger partial charge in [-0.05, 0) is 41.1 Å². The van der Waals surface area contributed by atoms with Gasteiger partial charge in [0.15, 0.2) is 26.3 Å². The van der Waals surface area contributed by atoms with Crippen molar-refractivity contribution in [1.82, 2.24) is 24.3 Å². The lowest BCUT2D eigenvalue weighted by molar-refractivity contribution is -0.138. The Morgan fingerprint density at radius 2 is 1.93 bits per heavy atom. The molecule has 0 radical (unpaired) electrons. The Hall–Kier alpha value is -2.47. The monoisotopic (exact) mass is 487 g/mol. The molecule has 12 heteroatoms. The number of rotatable bonds is 3. The van der Waals surface area contributed by atoms with Crippen molar-refractivity contribution in [2.75, 3.05) is 5.75 Å². The first-order chi connectivity index (χ1) is 13.5. The zero-order valence-electron chi connectivity index (χ0n) is 15.0. The van der Waals surface area contributed by atoms with Gasteiger partial charge in [-0.3, -0.25) is 4.40 Å². The first-order valence-corrected chi connectivity index (χ1v) is 10.8. The lowest BCUT2D eigenvalue weighted by Crippen LogP contribution is -2.09. The third kappa shape index (κ3) is 3.29. The summed E-state index contributed by atoms with van der Waals surface area (Å²) in [5.74, 6) is -0.158. The van der Waals surface area contributed by atoms with Gasteiger partial charge in [-0.25, -0.2) is 23.4 Å². The van der Waals surface area contributed by atoms with E-state index in [-0.39, 0.29) is 39.2 Å². The van der Waals surface area contributed by atoms with E-state index in [1.807, 2.05) is 0 Å². The van der Waals surface area contributed by atoms with E-state index in [9.17, 15) is 21.6 Å². The largest absolute Gasteiger partial charge is 0.418 e. The summed E-state index contributed by atoms with van der Waals surface area (Å²) in [6.45, 7) is 2.74. The van der Waals surface area contributed by atoms with Crippen LogP contribution in [-0.4, -0.2) is 38.5 Å². The molecule has 1 N–H and O–H groups in total. The van der Waals surface area contributed by atoms with Crippen LogP contribution in [0.4, 0.5) is 13.2 Å². The Labute approximate surface area is 171 Å². The van der Waals surface area contributed by atoms with Crippen molar-refractivity contribution in [2.45, 2.75) is 25.0 Å². The lowest BCUT2D eigenvalue weighted by atomic mass is 10.2. The number of halogens is 4. The first-order valence-electron chi connectivity index (χ1n) is 8.36. The third-order valence-corrected chi connectivity index (χ3v) is 6.62. The predicted octanol–water partition coefficient (Wildman–Crippen LogP) is 4.16. The van der Waals surface area contributed by atoms with Crippen molar-refractivity contribution in [3.8, 4) is 11.5 Å². The van der Waals surface area contributed by atoms with Crippen molar-refractivity contribution in [2.24, 2.45) is 0 Å². The van der Waals surface area contributed by atoms with Crippen LogP contribution in [0, 0.1) is 6.92 Å². The summed E-state index contributed by atoms with van der Waals surface area (Å²) in [5.41, 5.74) is -0.645. The Bertz CT molecular complexity index is 1380. The maximum absolute atomic E-state index is 13.2. The number of imidazole rings is 2. The second kappa shape index (κ2) is 6.52. The zero-order valence-corrected chi connectivity index (χ0v) is 17.4. The molecule has 0 saturated carbocycles. The molecule has 0 spiro atoms. The number of nitrogens with zero attached hydrogens (tertiary/aromatic N) is 4. The average molecular weight is 488 g/mol. The molecular formula is C17H13BrF3N5O2S. The van der Waals surface area contributed by atoms with Crippen LogP contribution in [0.5, 0.6) is 0 Å². The molecule has 0 aliphatic carbocycles. The van der Waals surface area contributed by atoms with Crippen molar-refractivity contribution < 1.29 is 21.6 Å². The van der Waals surface area contributed by atoms with E-state index in [0.717, 1.165) is 6.07 Å². The van der Waals surface area contributed by atoms with Gasteiger partial charge in [-0.15, -0.1) is 0 Å². The van der Waals surface area contributed by atoms with Crippen LogP contribution in [-0.2, 0) is 16.0 Å². The second-order valence-electron chi connectivity index (χ2n) is 6.32. The molecule has 4 heterocycles.